The van der Waals surface area contributed by atoms with Gasteiger partial charge in [0.15, 0.2) is 11.5 Å². The van der Waals surface area contributed by atoms with Crippen molar-refractivity contribution in [3.8, 4) is 11.5 Å². The van der Waals surface area contributed by atoms with Crippen LogP contribution >= 0.6 is 11.8 Å². The second-order valence-electron chi connectivity index (χ2n) is 3.94. The fraction of sp³-hybridized carbons (Fsp3) is 0.538. The van der Waals surface area contributed by atoms with Crippen LogP contribution in [0.1, 0.15) is 26.2 Å². The van der Waals surface area contributed by atoms with E-state index in [9.17, 15) is 10.2 Å². The normalized spacial score (nSPS) is 12.4. The summed E-state index contributed by atoms with van der Waals surface area (Å²) >= 11 is 1.55. The molecular formula is C13H20O3S. The van der Waals surface area contributed by atoms with Gasteiger partial charge in [-0.25, -0.2) is 0 Å². The number of thioether (sulfide) groups is 1. The van der Waals surface area contributed by atoms with E-state index in [-0.39, 0.29) is 11.9 Å². The maximum absolute atomic E-state index is 9.70. The number of methoxy groups -OCH3 is 1. The van der Waals surface area contributed by atoms with Crippen LogP contribution in [0.25, 0.3) is 0 Å². The van der Waals surface area contributed by atoms with Crippen molar-refractivity contribution in [1.82, 2.24) is 0 Å². The Kier molecular flexibility index (Phi) is 6.22. The van der Waals surface area contributed by atoms with Crippen LogP contribution in [0.15, 0.2) is 23.1 Å². The third-order valence-electron chi connectivity index (χ3n) is 2.48. The molecule has 0 saturated heterocycles. The SMILES string of the molecule is CCCC[C@@H](O)CSc1ccc(OC)c(O)c1. The van der Waals surface area contributed by atoms with Crippen molar-refractivity contribution < 1.29 is 14.9 Å². The second kappa shape index (κ2) is 7.45. The Hall–Kier alpha value is -0.870. The van der Waals surface area contributed by atoms with E-state index in [1.54, 1.807) is 23.9 Å². The molecule has 0 aromatic heterocycles. The molecule has 0 aliphatic rings. The Balaban J connectivity index is 2.44. The molecule has 0 unspecified atom stereocenters. The van der Waals surface area contributed by atoms with Gasteiger partial charge in [0.25, 0.3) is 0 Å². The number of hydrogen-bond donors (Lipinski definition) is 2. The van der Waals surface area contributed by atoms with Crippen LogP contribution in [0, 0.1) is 0 Å². The van der Waals surface area contributed by atoms with E-state index in [1.807, 2.05) is 6.07 Å². The number of aliphatic hydroxyl groups excluding tert-OH is 1. The molecule has 0 spiro atoms. The van der Waals surface area contributed by atoms with Gasteiger partial charge in [0, 0.05) is 10.6 Å². The number of unbranched alkanes of at least 4 members (excludes halogenated alkanes) is 1. The first kappa shape index (κ1) is 14.2. The van der Waals surface area contributed by atoms with Gasteiger partial charge in [0.2, 0.25) is 0 Å². The molecule has 0 amide bonds. The van der Waals surface area contributed by atoms with Crippen LogP contribution in [0.5, 0.6) is 11.5 Å². The molecule has 0 saturated carbocycles. The highest BCUT2D eigenvalue weighted by molar-refractivity contribution is 7.99. The molecule has 0 fully saturated rings. The summed E-state index contributed by atoms with van der Waals surface area (Å²) in [6.07, 6.45) is 2.72. The van der Waals surface area contributed by atoms with E-state index >= 15 is 0 Å². The minimum Gasteiger partial charge on any atom is -0.504 e. The van der Waals surface area contributed by atoms with Gasteiger partial charge in [-0.1, -0.05) is 19.8 Å². The van der Waals surface area contributed by atoms with E-state index < -0.39 is 0 Å². The van der Waals surface area contributed by atoms with E-state index in [1.165, 1.54) is 7.11 Å². The summed E-state index contributed by atoms with van der Waals surface area (Å²) < 4.78 is 4.97. The summed E-state index contributed by atoms with van der Waals surface area (Å²) in [5.41, 5.74) is 0. The van der Waals surface area contributed by atoms with Crippen molar-refractivity contribution in [2.45, 2.75) is 37.2 Å². The third kappa shape index (κ3) is 4.88. The van der Waals surface area contributed by atoms with Gasteiger partial charge in [0.05, 0.1) is 13.2 Å². The molecule has 0 heterocycles. The standard InChI is InChI=1S/C13H20O3S/c1-3-4-5-10(14)9-17-11-6-7-13(16-2)12(15)8-11/h6-8,10,14-15H,3-5,9H2,1-2H3/t10-/m1/s1. The summed E-state index contributed by atoms with van der Waals surface area (Å²) in [6, 6.07) is 5.28. The highest BCUT2D eigenvalue weighted by Gasteiger charge is 2.07. The summed E-state index contributed by atoms with van der Waals surface area (Å²) in [6.45, 7) is 2.11. The fourth-order valence-electron chi connectivity index (χ4n) is 1.48. The molecular weight excluding hydrogens is 236 g/mol. The first-order valence-corrected chi connectivity index (χ1v) is 6.83. The maximum atomic E-state index is 9.70. The van der Waals surface area contributed by atoms with Crippen LogP contribution < -0.4 is 4.74 Å². The lowest BCUT2D eigenvalue weighted by Gasteiger charge is -2.10. The van der Waals surface area contributed by atoms with Crippen LogP contribution in [0.2, 0.25) is 0 Å². The third-order valence-corrected chi connectivity index (χ3v) is 3.62. The number of phenolic OH excluding ortho intramolecular Hbond substituents is 1. The number of rotatable bonds is 7. The molecule has 2 N–H and O–H groups in total. The minimum absolute atomic E-state index is 0.139. The first-order valence-electron chi connectivity index (χ1n) is 5.85. The lowest BCUT2D eigenvalue weighted by molar-refractivity contribution is 0.186. The second-order valence-corrected chi connectivity index (χ2v) is 5.03. The van der Waals surface area contributed by atoms with Gasteiger partial charge < -0.3 is 14.9 Å². The highest BCUT2D eigenvalue weighted by atomic mass is 32.2. The summed E-state index contributed by atoms with van der Waals surface area (Å²) in [5.74, 6) is 1.27. The van der Waals surface area contributed by atoms with Crippen molar-refractivity contribution in [2.24, 2.45) is 0 Å². The largest absolute Gasteiger partial charge is 0.504 e. The zero-order valence-corrected chi connectivity index (χ0v) is 11.2. The lowest BCUT2D eigenvalue weighted by Crippen LogP contribution is -2.09. The van der Waals surface area contributed by atoms with Crippen LogP contribution in [0.4, 0.5) is 0 Å². The number of aliphatic hydroxyl groups is 1. The van der Waals surface area contributed by atoms with E-state index in [2.05, 4.69) is 6.92 Å². The molecule has 1 aromatic rings. The molecule has 0 aliphatic heterocycles. The molecule has 96 valence electrons. The summed E-state index contributed by atoms with van der Waals surface area (Å²) in [4.78, 5) is 0.943. The number of ether oxygens (including phenoxy) is 1. The van der Waals surface area contributed by atoms with E-state index in [4.69, 9.17) is 4.74 Å². The Morgan fingerprint density at radius 2 is 2.18 bits per heavy atom. The Morgan fingerprint density at radius 3 is 2.76 bits per heavy atom. The predicted octanol–water partition coefficient (Wildman–Crippen LogP) is 3.04. The van der Waals surface area contributed by atoms with Crippen molar-refractivity contribution in [3.63, 3.8) is 0 Å². The first-order chi connectivity index (χ1) is 8.17. The topological polar surface area (TPSA) is 49.7 Å². The van der Waals surface area contributed by atoms with Gasteiger partial charge in [-0.05, 0) is 24.6 Å². The molecule has 0 radical (unpaired) electrons. The average Bonchev–Trinajstić information content (AvgIpc) is 2.34. The van der Waals surface area contributed by atoms with Crippen LogP contribution in [-0.2, 0) is 0 Å². The smallest absolute Gasteiger partial charge is 0.160 e. The number of aromatic hydroxyl groups is 1. The average molecular weight is 256 g/mol. The Bertz CT molecular complexity index is 341. The molecule has 1 aromatic carbocycles. The minimum atomic E-state index is -0.274. The van der Waals surface area contributed by atoms with Crippen molar-refractivity contribution in [3.05, 3.63) is 18.2 Å². The molecule has 0 aliphatic carbocycles. The monoisotopic (exact) mass is 256 g/mol. The molecule has 1 atom stereocenters. The number of phenols is 1. The number of hydrogen-bond acceptors (Lipinski definition) is 4. The van der Waals surface area contributed by atoms with Gasteiger partial charge in [0.1, 0.15) is 0 Å². The molecule has 3 nitrogen and oxygen atoms in total. The zero-order valence-electron chi connectivity index (χ0n) is 10.3. The Labute approximate surface area is 107 Å². The Morgan fingerprint density at radius 1 is 1.41 bits per heavy atom. The number of benzene rings is 1. The van der Waals surface area contributed by atoms with E-state index in [0.29, 0.717) is 11.5 Å². The maximum Gasteiger partial charge on any atom is 0.160 e. The molecule has 17 heavy (non-hydrogen) atoms. The van der Waals surface area contributed by atoms with Gasteiger partial charge in [-0.3, -0.25) is 0 Å². The highest BCUT2D eigenvalue weighted by Crippen LogP contribution is 2.31. The van der Waals surface area contributed by atoms with E-state index in [0.717, 1.165) is 24.2 Å². The van der Waals surface area contributed by atoms with Crippen LogP contribution in [-0.4, -0.2) is 29.2 Å². The van der Waals surface area contributed by atoms with Gasteiger partial charge in [-0.2, -0.15) is 0 Å². The predicted molar refractivity (Wildman–Crippen MR) is 70.9 cm³/mol. The lowest BCUT2D eigenvalue weighted by atomic mass is 10.2. The fourth-order valence-corrected chi connectivity index (χ4v) is 2.39. The summed E-state index contributed by atoms with van der Waals surface area (Å²) in [5, 5.41) is 19.3. The quantitative estimate of drug-likeness (QED) is 0.736. The molecule has 0 bridgehead atoms. The summed E-state index contributed by atoms with van der Waals surface area (Å²) in [7, 11) is 1.52. The van der Waals surface area contributed by atoms with Gasteiger partial charge in [-0.15, -0.1) is 11.8 Å². The van der Waals surface area contributed by atoms with Crippen molar-refractivity contribution in [1.29, 1.82) is 0 Å². The van der Waals surface area contributed by atoms with Crippen molar-refractivity contribution >= 4 is 11.8 Å². The molecule has 4 heteroatoms. The van der Waals surface area contributed by atoms with Crippen molar-refractivity contribution in [2.75, 3.05) is 12.9 Å². The zero-order chi connectivity index (χ0) is 12.7. The van der Waals surface area contributed by atoms with Crippen LogP contribution in [0.3, 0.4) is 0 Å². The molecule has 1 rings (SSSR count). The van der Waals surface area contributed by atoms with Gasteiger partial charge >= 0.3 is 0 Å².